The standard InChI is InChI=1S/C24H32N6OS/c31-21-24(20(25-21)18-6-2-1-3-7-18)10-12-29(13-11-24)22-26-27-23(32-22)30-16-14-28(15-17-30)19-8-4-5-9-19/h1-3,6-7,19-20H,4-5,8-17H2,(H,25,31). The van der Waals surface area contributed by atoms with Gasteiger partial charge < -0.3 is 15.1 Å². The van der Waals surface area contributed by atoms with Gasteiger partial charge in [-0.1, -0.05) is 54.5 Å². The van der Waals surface area contributed by atoms with Crippen molar-refractivity contribution in [1.82, 2.24) is 20.4 Å². The molecule has 1 atom stereocenters. The molecule has 1 amide bonds. The quantitative estimate of drug-likeness (QED) is 0.720. The molecule has 1 aromatic heterocycles. The fourth-order valence-electron chi connectivity index (χ4n) is 6.14. The van der Waals surface area contributed by atoms with Gasteiger partial charge in [-0.15, -0.1) is 10.2 Å². The molecule has 7 nitrogen and oxygen atoms in total. The topological polar surface area (TPSA) is 64.6 Å². The molecule has 0 radical (unpaired) electrons. The Bertz CT molecular complexity index is 942. The number of carbonyl (C=O) groups excluding carboxylic acids is 1. The first kappa shape index (κ1) is 20.4. The Morgan fingerprint density at radius 2 is 1.50 bits per heavy atom. The first-order valence-electron chi connectivity index (χ1n) is 12.2. The maximum absolute atomic E-state index is 12.6. The number of hydrogen-bond donors (Lipinski definition) is 1. The number of piperazine rings is 1. The van der Waals surface area contributed by atoms with Crippen LogP contribution in [0, 0.1) is 5.41 Å². The first-order chi connectivity index (χ1) is 15.7. The van der Waals surface area contributed by atoms with E-state index in [4.69, 9.17) is 0 Å². The van der Waals surface area contributed by atoms with E-state index in [1.165, 1.54) is 31.2 Å². The molecule has 1 unspecified atom stereocenters. The van der Waals surface area contributed by atoms with Gasteiger partial charge in [0.2, 0.25) is 16.2 Å². The molecular formula is C24H32N6OS. The van der Waals surface area contributed by atoms with Gasteiger partial charge in [0.15, 0.2) is 0 Å². The SMILES string of the molecule is O=C1NC(c2ccccc2)C12CCN(c1nnc(N3CCN(C4CCCC4)CC3)s1)CC2. The molecule has 4 fully saturated rings. The summed E-state index contributed by atoms with van der Waals surface area (Å²) in [4.78, 5) is 20.0. The average molecular weight is 453 g/mol. The van der Waals surface area contributed by atoms with E-state index in [9.17, 15) is 4.79 Å². The monoisotopic (exact) mass is 452 g/mol. The molecule has 1 N–H and O–H groups in total. The molecule has 3 saturated heterocycles. The lowest BCUT2D eigenvalue weighted by atomic mass is 9.64. The van der Waals surface area contributed by atoms with Gasteiger partial charge in [0.25, 0.3) is 0 Å². The van der Waals surface area contributed by atoms with Gasteiger partial charge in [-0.2, -0.15) is 0 Å². The maximum atomic E-state index is 12.6. The summed E-state index contributed by atoms with van der Waals surface area (Å²) in [5.74, 6) is 0.212. The summed E-state index contributed by atoms with van der Waals surface area (Å²) in [6.45, 7) is 6.10. The Kier molecular flexibility index (Phi) is 5.30. The average Bonchev–Trinajstić information content (AvgIpc) is 3.56. The van der Waals surface area contributed by atoms with Crippen molar-refractivity contribution >= 4 is 27.5 Å². The van der Waals surface area contributed by atoms with Crippen LogP contribution in [0.5, 0.6) is 0 Å². The van der Waals surface area contributed by atoms with Crippen molar-refractivity contribution < 1.29 is 4.79 Å². The summed E-state index contributed by atoms with van der Waals surface area (Å²) in [6.07, 6.45) is 7.29. The molecule has 1 aliphatic carbocycles. The van der Waals surface area contributed by atoms with Crippen molar-refractivity contribution in [3.63, 3.8) is 0 Å². The van der Waals surface area contributed by atoms with Crippen LogP contribution >= 0.6 is 11.3 Å². The summed E-state index contributed by atoms with van der Waals surface area (Å²) in [5.41, 5.74) is 0.956. The molecule has 3 aliphatic heterocycles. The molecule has 2 aromatic rings. The van der Waals surface area contributed by atoms with Gasteiger partial charge in [0.1, 0.15) is 0 Å². The van der Waals surface area contributed by atoms with Gasteiger partial charge in [-0.05, 0) is 31.2 Å². The Morgan fingerprint density at radius 3 is 2.12 bits per heavy atom. The zero-order valence-corrected chi connectivity index (χ0v) is 19.4. The second-order valence-electron chi connectivity index (χ2n) is 9.79. The molecule has 1 spiro atoms. The molecule has 170 valence electrons. The van der Waals surface area contributed by atoms with Gasteiger partial charge >= 0.3 is 0 Å². The largest absolute Gasteiger partial charge is 0.348 e. The highest BCUT2D eigenvalue weighted by atomic mass is 32.1. The summed E-state index contributed by atoms with van der Waals surface area (Å²) < 4.78 is 0. The van der Waals surface area contributed by atoms with Crippen LogP contribution < -0.4 is 15.1 Å². The Labute approximate surface area is 193 Å². The zero-order valence-electron chi connectivity index (χ0n) is 18.6. The number of benzene rings is 1. The lowest BCUT2D eigenvalue weighted by molar-refractivity contribution is -0.148. The third-order valence-corrected chi connectivity index (χ3v) is 9.21. The van der Waals surface area contributed by atoms with E-state index in [1.54, 1.807) is 11.3 Å². The van der Waals surface area contributed by atoms with Crippen molar-refractivity contribution in [3.8, 4) is 0 Å². The second kappa shape index (κ2) is 8.30. The minimum atomic E-state index is -0.262. The van der Waals surface area contributed by atoms with Crippen molar-refractivity contribution in [3.05, 3.63) is 35.9 Å². The zero-order chi connectivity index (χ0) is 21.5. The van der Waals surface area contributed by atoms with Crippen LogP contribution in [0.3, 0.4) is 0 Å². The summed E-state index contributed by atoms with van der Waals surface area (Å²) in [7, 11) is 0. The third-order valence-electron chi connectivity index (χ3n) is 8.17. The van der Waals surface area contributed by atoms with E-state index in [1.807, 2.05) is 6.07 Å². The second-order valence-corrected chi connectivity index (χ2v) is 10.7. The molecule has 8 heteroatoms. The number of amides is 1. The smallest absolute Gasteiger partial charge is 0.229 e. The van der Waals surface area contributed by atoms with Crippen molar-refractivity contribution in [2.75, 3.05) is 49.1 Å². The van der Waals surface area contributed by atoms with E-state index >= 15 is 0 Å². The minimum absolute atomic E-state index is 0.138. The Morgan fingerprint density at radius 1 is 0.875 bits per heavy atom. The van der Waals surface area contributed by atoms with Crippen molar-refractivity contribution in [2.45, 2.75) is 50.6 Å². The lowest BCUT2D eigenvalue weighted by Gasteiger charge is -2.52. The van der Waals surface area contributed by atoms with Gasteiger partial charge in [0.05, 0.1) is 11.5 Å². The number of nitrogens with zero attached hydrogens (tertiary/aromatic N) is 5. The summed E-state index contributed by atoms with van der Waals surface area (Å²) in [5, 5.41) is 14.3. The minimum Gasteiger partial charge on any atom is -0.348 e. The number of β-lactam (4-membered cyclic amide) rings is 1. The van der Waals surface area contributed by atoms with E-state index in [2.05, 4.69) is 54.5 Å². The fraction of sp³-hybridized carbons (Fsp3) is 0.625. The molecular weight excluding hydrogens is 420 g/mol. The van der Waals surface area contributed by atoms with Crippen LogP contribution in [0.1, 0.15) is 50.1 Å². The molecule has 4 heterocycles. The lowest BCUT2D eigenvalue weighted by Crippen LogP contribution is -2.64. The highest BCUT2D eigenvalue weighted by Crippen LogP contribution is 2.50. The van der Waals surface area contributed by atoms with Crippen LogP contribution in [-0.4, -0.2) is 66.3 Å². The number of anilines is 2. The van der Waals surface area contributed by atoms with E-state index < -0.39 is 0 Å². The molecule has 0 bridgehead atoms. The highest BCUT2D eigenvalue weighted by Gasteiger charge is 2.56. The van der Waals surface area contributed by atoms with Gasteiger partial charge in [0, 0.05) is 45.3 Å². The number of aromatic nitrogens is 2. The number of carbonyl (C=O) groups is 1. The molecule has 1 saturated carbocycles. The number of rotatable bonds is 4. The third kappa shape index (κ3) is 3.48. The van der Waals surface area contributed by atoms with Crippen molar-refractivity contribution in [2.24, 2.45) is 5.41 Å². The Balaban J connectivity index is 1.07. The molecule has 4 aliphatic rings. The van der Waals surface area contributed by atoms with Gasteiger partial charge in [-0.3, -0.25) is 9.69 Å². The van der Waals surface area contributed by atoms with Gasteiger partial charge in [-0.25, -0.2) is 0 Å². The van der Waals surface area contributed by atoms with E-state index in [-0.39, 0.29) is 17.4 Å². The maximum Gasteiger partial charge on any atom is 0.229 e. The first-order valence-corrected chi connectivity index (χ1v) is 13.0. The fourth-order valence-corrected chi connectivity index (χ4v) is 7.09. The van der Waals surface area contributed by atoms with Crippen LogP contribution in [0.15, 0.2) is 30.3 Å². The van der Waals surface area contributed by atoms with Crippen LogP contribution in [-0.2, 0) is 4.79 Å². The van der Waals surface area contributed by atoms with E-state index in [0.29, 0.717) is 0 Å². The summed E-state index contributed by atoms with van der Waals surface area (Å²) in [6, 6.07) is 11.3. The van der Waals surface area contributed by atoms with Crippen molar-refractivity contribution in [1.29, 1.82) is 0 Å². The van der Waals surface area contributed by atoms with Crippen LogP contribution in [0.4, 0.5) is 10.3 Å². The predicted molar refractivity (Wildman–Crippen MR) is 127 cm³/mol. The van der Waals surface area contributed by atoms with Crippen LogP contribution in [0.25, 0.3) is 0 Å². The molecule has 32 heavy (non-hydrogen) atoms. The number of hydrogen-bond acceptors (Lipinski definition) is 7. The van der Waals surface area contributed by atoms with E-state index in [0.717, 1.165) is 68.4 Å². The summed E-state index contributed by atoms with van der Waals surface area (Å²) >= 11 is 1.71. The normalized spacial score (nSPS) is 26.4. The predicted octanol–water partition coefficient (Wildman–Crippen LogP) is 3.06. The highest BCUT2D eigenvalue weighted by molar-refractivity contribution is 7.19. The number of nitrogens with one attached hydrogen (secondary N) is 1. The Hall–Kier alpha value is -2.19. The van der Waals surface area contributed by atoms with Crippen LogP contribution in [0.2, 0.25) is 0 Å². The molecule has 6 rings (SSSR count). The number of piperidine rings is 1. The molecule has 1 aromatic carbocycles.